The third-order valence-electron chi connectivity index (χ3n) is 2.65. The van der Waals surface area contributed by atoms with E-state index in [1.165, 1.54) is 0 Å². The van der Waals surface area contributed by atoms with E-state index in [4.69, 9.17) is 4.74 Å². The Morgan fingerprint density at radius 2 is 2.57 bits per heavy atom. The van der Waals surface area contributed by atoms with Crippen molar-refractivity contribution in [3.8, 4) is 0 Å². The molecule has 0 aromatic rings. The highest BCUT2D eigenvalue weighted by Crippen LogP contribution is 2.11. The van der Waals surface area contributed by atoms with Crippen LogP contribution in [0, 0.1) is 0 Å². The quantitative estimate of drug-likeness (QED) is 0.704. The summed E-state index contributed by atoms with van der Waals surface area (Å²) < 4.78 is 18.5. The van der Waals surface area contributed by atoms with Crippen LogP contribution in [0.1, 0.15) is 6.42 Å². The molecule has 1 fully saturated rings. The van der Waals surface area contributed by atoms with Gasteiger partial charge in [-0.1, -0.05) is 6.08 Å². The van der Waals surface area contributed by atoms with Crippen LogP contribution >= 0.6 is 0 Å². The number of halogens is 1. The van der Waals surface area contributed by atoms with Gasteiger partial charge in [0.25, 0.3) is 0 Å². The number of nitrogens with zero attached hydrogens (tertiary/aromatic N) is 1. The van der Waals surface area contributed by atoms with Crippen molar-refractivity contribution in [2.24, 2.45) is 0 Å². The molecule has 1 unspecified atom stereocenters. The van der Waals surface area contributed by atoms with Gasteiger partial charge in [0.15, 0.2) is 0 Å². The fourth-order valence-corrected chi connectivity index (χ4v) is 1.94. The Labute approximate surface area is 83.9 Å². The number of morpholine rings is 1. The van der Waals surface area contributed by atoms with Gasteiger partial charge in [0, 0.05) is 26.2 Å². The lowest BCUT2D eigenvalue weighted by atomic mass is 10.2. The highest BCUT2D eigenvalue weighted by Gasteiger charge is 2.19. The first-order chi connectivity index (χ1) is 6.84. The molecule has 0 bridgehead atoms. The largest absolute Gasteiger partial charge is 0.374 e. The van der Waals surface area contributed by atoms with Gasteiger partial charge < -0.3 is 10.1 Å². The van der Waals surface area contributed by atoms with Crippen molar-refractivity contribution in [1.29, 1.82) is 0 Å². The Kier molecular flexibility index (Phi) is 3.50. The maximum Gasteiger partial charge on any atom is 0.110 e. The van der Waals surface area contributed by atoms with E-state index >= 15 is 0 Å². The molecule has 2 rings (SSSR count). The van der Waals surface area contributed by atoms with Crippen LogP contribution in [0.3, 0.4) is 0 Å². The molecule has 0 spiro atoms. The summed E-state index contributed by atoms with van der Waals surface area (Å²) in [6.45, 7) is 4.85. The first-order valence-electron chi connectivity index (χ1n) is 5.24. The van der Waals surface area contributed by atoms with Gasteiger partial charge in [-0.2, -0.15) is 0 Å². The lowest BCUT2D eigenvalue weighted by molar-refractivity contribution is 0.00573. The number of hydrogen-bond donors (Lipinski definition) is 1. The molecule has 0 saturated carbocycles. The molecule has 80 valence electrons. The second-order valence-corrected chi connectivity index (χ2v) is 3.87. The Balaban J connectivity index is 1.76. The summed E-state index contributed by atoms with van der Waals surface area (Å²) in [5, 5.41) is 3.28. The Bertz CT molecular complexity index is 214. The predicted molar refractivity (Wildman–Crippen MR) is 52.9 cm³/mol. The van der Waals surface area contributed by atoms with E-state index in [0.717, 1.165) is 39.2 Å². The molecule has 0 radical (unpaired) electrons. The summed E-state index contributed by atoms with van der Waals surface area (Å²) >= 11 is 0. The summed E-state index contributed by atoms with van der Waals surface area (Å²) in [6, 6.07) is 0. The first-order valence-corrected chi connectivity index (χ1v) is 5.24. The van der Waals surface area contributed by atoms with Crippen LogP contribution in [0.4, 0.5) is 4.39 Å². The molecule has 2 aliphatic rings. The number of rotatable bonds is 2. The van der Waals surface area contributed by atoms with Crippen molar-refractivity contribution in [2.75, 3.05) is 39.3 Å². The summed E-state index contributed by atoms with van der Waals surface area (Å²) in [6.07, 6.45) is 2.73. The maximum atomic E-state index is 13.0. The fraction of sp³-hybridized carbons (Fsp3) is 0.800. The van der Waals surface area contributed by atoms with Crippen LogP contribution in [0.2, 0.25) is 0 Å². The van der Waals surface area contributed by atoms with Crippen LogP contribution < -0.4 is 5.32 Å². The molecular weight excluding hydrogens is 183 g/mol. The van der Waals surface area contributed by atoms with Crippen molar-refractivity contribution in [3.63, 3.8) is 0 Å². The Morgan fingerprint density at radius 3 is 3.29 bits per heavy atom. The average Bonchev–Trinajstić information content (AvgIpc) is 2.19. The van der Waals surface area contributed by atoms with Gasteiger partial charge in [0.05, 0.1) is 19.3 Å². The second-order valence-electron chi connectivity index (χ2n) is 3.87. The van der Waals surface area contributed by atoms with Crippen molar-refractivity contribution in [3.05, 3.63) is 11.9 Å². The zero-order valence-corrected chi connectivity index (χ0v) is 8.34. The fourth-order valence-electron chi connectivity index (χ4n) is 1.94. The molecular formula is C10H17FN2O. The third-order valence-corrected chi connectivity index (χ3v) is 2.65. The van der Waals surface area contributed by atoms with Crippen LogP contribution in [-0.4, -0.2) is 50.3 Å². The topological polar surface area (TPSA) is 24.5 Å². The van der Waals surface area contributed by atoms with E-state index in [2.05, 4.69) is 10.2 Å². The lowest BCUT2D eigenvalue weighted by Crippen LogP contribution is -2.46. The van der Waals surface area contributed by atoms with Gasteiger partial charge in [-0.05, 0) is 6.42 Å². The molecule has 2 aliphatic heterocycles. The van der Waals surface area contributed by atoms with Gasteiger partial charge in [0.1, 0.15) is 5.83 Å². The molecule has 3 nitrogen and oxygen atoms in total. The average molecular weight is 200 g/mol. The summed E-state index contributed by atoms with van der Waals surface area (Å²) in [5.74, 6) is 0.0000172. The molecule has 1 saturated heterocycles. The normalized spacial score (nSPS) is 30.1. The number of ether oxygens (including phenoxy) is 1. The van der Waals surface area contributed by atoms with E-state index in [9.17, 15) is 4.39 Å². The molecule has 14 heavy (non-hydrogen) atoms. The van der Waals surface area contributed by atoms with Crippen LogP contribution in [-0.2, 0) is 4.74 Å². The molecule has 0 aliphatic carbocycles. The van der Waals surface area contributed by atoms with Gasteiger partial charge in [-0.15, -0.1) is 0 Å². The minimum absolute atomic E-state index is 0.0000172. The molecule has 0 aromatic heterocycles. The highest BCUT2D eigenvalue weighted by atomic mass is 19.1. The monoisotopic (exact) mass is 200 g/mol. The van der Waals surface area contributed by atoms with E-state index in [-0.39, 0.29) is 11.9 Å². The first kappa shape index (κ1) is 10.1. The minimum Gasteiger partial charge on any atom is -0.374 e. The summed E-state index contributed by atoms with van der Waals surface area (Å²) in [7, 11) is 0. The van der Waals surface area contributed by atoms with Gasteiger partial charge >= 0.3 is 0 Å². The van der Waals surface area contributed by atoms with Crippen molar-refractivity contribution >= 4 is 0 Å². The van der Waals surface area contributed by atoms with Crippen LogP contribution in [0.25, 0.3) is 0 Å². The van der Waals surface area contributed by atoms with Gasteiger partial charge in [0.2, 0.25) is 0 Å². The molecule has 1 N–H and O–H groups in total. The number of nitrogens with one attached hydrogen (secondary N) is 1. The van der Waals surface area contributed by atoms with E-state index in [1.54, 1.807) is 6.08 Å². The molecule has 0 amide bonds. The molecule has 4 heteroatoms. The molecule has 0 aromatic carbocycles. The maximum absolute atomic E-state index is 13.0. The SMILES string of the molecule is FC1=CCCN(CC2CNCCO2)C1. The third kappa shape index (κ3) is 2.77. The van der Waals surface area contributed by atoms with E-state index in [1.807, 2.05) is 0 Å². The zero-order chi connectivity index (χ0) is 9.80. The summed E-state index contributed by atoms with van der Waals surface area (Å²) in [5.41, 5.74) is 0. The van der Waals surface area contributed by atoms with Crippen molar-refractivity contribution < 1.29 is 9.13 Å². The highest BCUT2D eigenvalue weighted by molar-refractivity contribution is 4.99. The molecule has 1 atom stereocenters. The minimum atomic E-state index is 0.0000172. The lowest BCUT2D eigenvalue weighted by Gasteiger charge is -2.31. The Morgan fingerprint density at radius 1 is 1.64 bits per heavy atom. The van der Waals surface area contributed by atoms with Crippen LogP contribution in [0.5, 0.6) is 0 Å². The van der Waals surface area contributed by atoms with Gasteiger partial charge in [-0.3, -0.25) is 4.90 Å². The standard InChI is InChI=1S/C10H17FN2O/c11-9-2-1-4-13(7-9)8-10-6-12-3-5-14-10/h2,10,12H,1,3-8H2. The van der Waals surface area contributed by atoms with E-state index in [0.29, 0.717) is 6.54 Å². The predicted octanol–water partition coefficient (Wildman–Crippen LogP) is 0.534. The Hall–Kier alpha value is -0.450. The van der Waals surface area contributed by atoms with Crippen molar-refractivity contribution in [2.45, 2.75) is 12.5 Å². The smallest absolute Gasteiger partial charge is 0.110 e. The van der Waals surface area contributed by atoms with E-state index < -0.39 is 0 Å². The van der Waals surface area contributed by atoms with Gasteiger partial charge in [-0.25, -0.2) is 4.39 Å². The summed E-state index contributed by atoms with van der Waals surface area (Å²) in [4.78, 5) is 2.12. The number of hydrogen-bond acceptors (Lipinski definition) is 3. The zero-order valence-electron chi connectivity index (χ0n) is 8.34. The second kappa shape index (κ2) is 4.87. The molecule has 2 heterocycles. The van der Waals surface area contributed by atoms with Crippen LogP contribution in [0.15, 0.2) is 11.9 Å². The van der Waals surface area contributed by atoms with Crippen molar-refractivity contribution in [1.82, 2.24) is 10.2 Å².